The summed E-state index contributed by atoms with van der Waals surface area (Å²) in [6.45, 7) is 8.39. The molecule has 1 atom stereocenters. The van der Waals surface area contributed by atoms with Gasteiger partial charge in [-0.15, -0.1) is 11.3 Å². The molecule has 0 saturated carbocycles. The SMILES string of the molecule is CC(O)/C=C/c1ccc(C(C)(C)C)s1. The normalized spacial score (nSPS) is 14.9. The fourth-order valence-corrected chi connectivity index (χ4v) is 2.06. The van der Waals surface area contributed by atoms with Crippen LogP contribution in [0.15, 0.2) is 18.2 Å². The number of aliphatic hydroxyl groups excluding tert-OH is 1. The van der Waals surface area contributed by atoms with Gasteiger partial charge in [0.05, 0.1) is 6.10 Å². The lowest BCUT2D eigenvalue weighted by molar-refractivity contribution is 0.245. The van der Waals surface area contributed by atoms with Crippen molar-refractivity contribution in [3.63, 3.8) is 0 Å². The van der Waals surface area contributed by atoms with E-state index in [1.165, 1.54) is 9.75 Å². The molecule has 1 unspecified atom stereocenters. The number of rotatable bonds is 2. The summed E-state index contributed by atoms with van der Waals surface area (Å²) < 4.78 is 0. The van der Waals surface area contributed by atoms with Gasteiger partial charge >= 0.3 is 0 Å². The fourth-order valence-electron chi connectivity index (χ4n) is 1.08. The van der Waals surface area contributed by atoms with Crippen LogP contribution in [0.2, 0.25) is 0 Å². The molecule has 0 bridgehead atoms. The Bertz CT molecular complexity index is 315. The zero-order valence-electron chi connectivity index (χ0n) is 9.24. The van der Waals surface area contributed by atoms with Crippen molar-refractivity contribution in [3.8, 4) is 0 Å². The van der Waals surface area contributed by atoms with Gasteiger partial charge < -0.3 is 5.11 Å². The summed E-state index contributed by atoms with van der Waals surface area (Å²) in [7, 11) is 0. The zero-order chi connectivity index (χ0) is 10.8. The minimum Gasteiger partial charge on any atom is -0.389 e. The van der Waals surface area contributed by atoms with E-state index < -0.39 is 0 Å². The predicted octanol–water partition coefficient (Wildman–Crippen LogP) is 3.44. The number of thiophene rings is 1. The molecular weight excluding hydrogens is 192 g/mol. The number of aliphatic hydroxyl groups is 1. The van der Waals surface area contributed by atoms with E-state index in [1.807, 2.05) is 6.08 Å². The van der Waals surface area contributed by atoms with E-state index in [2.05, 4.69) is 32.9 Å². The number of hydrogen-bond donors (Lipinski definition) is 1. The van der Waals surface area contributed by atoms with Crippen LogP contribution in [0, 0.1) is 0 Å². The van der Waals surface area contributed by atoms with Gasteiger partial charge in [-0.05, 0) is 30.5 Å². The van der Waals surface area contributed by atoms with Crippen LogP contribution in [0.5, 0.6) is 0 Å². The van der Waals surface area contributed by atoms with Crippen molar-refractivity contribution >= 4 is 17.4 Å². The molecule has 0 radical (unpaired) electrons. The molecule has 0 aromatic carbocycles. The monoisotopic (exact) mass is 210 g/mol. The molecule has 1 aromatic rings. The van der Waals surface area contributed by atoms with Crippen molar-refractivity contribution in [2.75, 3.05) is 0 Å². The van der Waals surface area contributed by atoms with E-state index in [-0.39, 0.29) is 11.5 Å². The highest BCUT2D eigenvalue weighted by molar-refractivity contribution is 7.13. The van der Waals surface area contributed by atoms with Crippen LogP contribution < -0.4 is 0 Å². The third kappa shape index (κ3) is 3.28. The molecule has 0 amide bonds. The Labute approximate surface area is 90.1 Å². The molecule has 1 aromatic heterocycles. The summed E-state index contributed by atoms with van der Waals surface area (Å²) in [5.74, 6) is 0. The van der Waals surface area contributed by atoms with Gasteiger partial charge in [0, 0.05) is 9.75 Å². The molecule has 1 N–H and O–H groups in total. The van der Waals surface area contributed by atoms with Gasteiger partial charge in [0.25, 0.3) is 0 Å². The van der Waals surface area contributed by atoms with Crippen LogP contribution in [0.4, 0.5) is 0 Å². The van der Waals surface area contributed by atoms with Crippen LogP contribution in [0.3, 0.4) is 0 Å². The predicted molar refractivity (Wildman–Crippen MR) is 63.7 cm³/mol. The van der Waals surface area contributed by atoms with E-state index in [0.717, 1.165) is 0 Å². The smallest absolute Gasteiger partial charge is 0.0696 e. The zero-order valence-corrected chi connectivity index (χ0v) is 10.1. The van der Waals surface area contributed by atoms with Crippen LogP contribution in [0.25, 0.3) is 6.08 Å². The van der Waals surface area contributed by atoms with Crippen molar-refractivity contribution in [2.24, 2.45) is 0 Å². The van der Waals surface area contributed by atoms with E-state index in [0.29, 0.717) is 0 Å². The maximum atomic E-state index is 9.10. The lowest BCUT2D eigenvalue weighted by Gasteiger charge is -2.15. The van der Waals surface area contributed by atoms with Crippen molar-refractivity contribution in [1.82, 2.24) is 0 Å². The largest absolute Gasteiger partial charge is 0.389 e. The van der Waals surface area contributed by atoms with E-state index in [1.54, 1.807) is 24.3 Å². The van der Waals surface area contributed by atoms with Crippen molar-refractivity contribution in [2.45, 2.75) is 39.2 Å². The van der Waals surface area contributed by atoms with Gasteiger partial charge in [0.15, 0.2) is 0 Å². The summed E-state index contributed by atoms with van der Waals surface area (Å²) in [5.41, 5.74) is 0.224. The van der Waals surface area contributed by atoms with Crippen LogP contribution >= 0.6 is 11.3 Å². The molecule has 0 fully saturated rings. The average Bonchev–Trinajstić information content (AvgIpc) is 2.47. The second-order valence-electron chi connectivity index (χ2n) is 4.55. The molecule has 1 rings (SSSR count). The molecule has 78 valence electrons. The highest BCUT2D eigenvalue weighted by atomic mass is 32.1. The molecule has 0 spiro atoms. The second kappa shape index (κ2) is 4.28. The molecule has 1 heterocycles. The van der Waals surface area contributed by atoms with Crippen molar-refractivity contribution < 1.29 is 5.11 Å². The van der Waals surface area contributed by atoms with Gasteiger partial charge in [0.1, 0.15) is 0 Å². The Morgan fingerprint density at radius 2 is 2.00 bits per heavy atom. The van der Waals surface area contributed by atoms with Gasteiger partial charge in [-0.1, -0.05) is 26.8 Å². The lowest BCUT2D eigenvalue weighted by Crippen LogP contribution is -2.07. The molecular formula is C12H18OS. The molecule has 2 heteroatoms. The summed E-state index contributed by atoms with van der Waals surface area (Å²) in [4.78, 5) is 2.58. The van der Waals surface area contributed by atoms with Gasteiger partial charge in [0.2, 0.25) is 0 Å². The van der Waals surface area contributed by atoms with E-state index in [9.17, 15) is 0 Å². The molecule has 0 saturated heterocycles. The average molecular weight is 210 g/mol. The Kier molecular flexibility index (Phi) is 3.51. The first-order valence-electron chi connectivity index (χ1n) is 4.86. The minimum atomic E-state index is -0.366. The molecule has 0 aliphatic carbocycles. The Hall–Kier alpha value is -0.600. The first-order valence-corrected chi connectivity index (χ1v) is 5.68. The molecule has 0 aliphatic heterocycles. The first kappa shape index (κ1) is 11.5. The highest BCUT2D eigenvalue weighted by Crippen LogP contribution is 2.29. The minimum absolute atomic E-state index is 0.224. The summed E-state index contributed by atoms with van der Waals surface area (Å²) in [6, 6.07) is 4.26. The van der Waals surface area contributed by atoms with E-state index >= 15 is 0 Å². The Balaban J connectivity index is 2.79. The standard InChI is InChI=1S/C12H18OS/c1-9(13)5-6-10-7-8-11(14-10)12(2,3)4/h5-9,13H,1-4H3/b6-5+. The fraction of sp³-hybridized carbons (Fsp3) is 0.500. The van der Waals surface area contributed by atoms with Crippen molar-refractivity contribution in [3.05, 3.63) is 28.0 Å². The Morgan fingerprint density at radius 3 is 2.43 bits per heavy atom. The van der Waals surface area contributed by atoms with Gasteiger partial charge in [-0.25, -0.2) is 0 Å². The first-order chi connectivity index (χ1) is 6.39. The third-order valence-electron chi connectivity index (χ3n) is 1.90. The molecule has 1 nitrogen and oxygen atoms in total. The summed E-state index contributed by atoms with van der Waals surface area (Å²) in [6.07, 6.45) is 3.42. The summed E-state index contributed by atoms with van der Waals surface area (Å²) >= 11 is 1.78. The Morgan fingerprint density at radius 1 is 1.36 bits per heavy atom. The molecule has 0 aliphatic rings. The number of hydrogen-bond acceptors (Lipinski definition) is 2. The quantitative estimate of drug-likeness (QED) is 0.792. The van der Waals surface area contributed by atoms with E-state index in [4.69, 9.17) is 5.11 Å². The van der Waals surface area contributed by atoms with Crippen LogP contribution in [-0.2, 0) is 5.41 Å². The van der Waals surface area contributed by atoms with Gasteiger partial charge in [-0.3, -0.25) is 0 Å². The maximum Gasteiger partial charge on any atom is 0.0696 e. The van der Waals surface area contributed by atoms with Crippen molar-refractivity contribution in [1.29, 1.82) is 0 Å². The molecule has 14 heavy (non-hydrogen) atoms. The van der Waals surface area contributed by atoms with Crippen LogP contribution in [0.1, 0.15) is 37.4 Å². The summed E-state index contributed by atoms with van der Waals surface area (Å²) in [5, 5.41) is 9.10. The lowest BCUT2D eigenvalue weighted by atomic mass is 9.95. The highest BCUT2D eigenvalue weighted by Gasteiger charge is 2.15. The van der Waals surface area contributed by atoms with Crippen LogP contribution in [-0.4, -0.2) is 11.2 Å². The maximum absolute atomic E-state index is 9.10. The third-order valence-corrected chi connectivity index (χ3v) is 3.38. The second-order valence-corrected chi connectivity index (χ2v) is 5.67. The topological polar surface area (TPSA) is 20.2 Å². The van der Waals surface area contributed by atoms with Gasteiger partial charge in [-0.2, -0.15) is 0 Å².